The van der Waals surface area contributed by atoms with E-state index in [2.05, 4.69) is 95.7 Å². The van der Waals surface area contributed by atoms with E-state index < -0.39 is 297 Å². The molecule has 1 aromatic rings. The summed E-state index contributed by atoms with van der Waals surface area (Å²) >= 11 is 0. The van der Waals surface area contributed by atoms with Crippen molar-refractivity contribution in [1.82, 2.24) is 106 Å². The molecule has 0 bridgehead atoms. The number of aliphatic hydroxyl groups is 1. The van der Waals surface area contributed by atoms with E-state index in [0.717, 1.165) is 5.56 Å². The molecule has 0 unspecified atom stereocenters. The topological polar surface area (TPSA) is 708 Å². The first-order valence-electron chi connectivity index (χ1n) is 46.9. The molecule has 22 amide bonds. The number of amides is 22. The summed E-state index contributed by atoms with van der Waals surface area (Å²) in [6.45, 7) is 34.2. The van der Waals surface area contributed by atoms with Crippen LogP contribution >= 0.6 is 0 Å². The third-order valence-electron chi connectivity index (χ3n) is 23.8. The van der Waals surface area contributed by atoms with Crippen molar-refractivity contribution in [2.45, 2.75) is 367 Å². The molecule has 2 aliphatic rings. The van der Waals surface area contributed by atoms with Gasteiger partial charge in [-0.05, 0) is 205 Å². The van der Waals surface area contributed by atoms with E-state index in [1.54, 1.807) is 71.9 Å². The Morgan fingerprint density at radius 2 is 0.793 bits per heavy atom. The maximum Gasteiger partial charge on any atom is 0.303 e. The number of aliphatic carboxylic acids is 1. The van der Waals surface area contributed by atoms with Gasteiger partial charge in [0, 0.05) is 39.3 Å². The van der Waals surface area contributed by atoms with Crippen LogP contribution in [0.1, 0.15) is 256 Å². The zero-order valence-electron chi connectivity index (χ0n) is 85.3. The van der Waals surface area contributed by atoms with E-state index in [-0.39, 0.29) is 64.0 Å². The molecule has 0 spiro atoms. The fourth-order valence-electron chi connectivity index (χ4n) is 14.9. The summed E-state index contributed by atoms with van der Waals surface area (Å²) in [6.07, 6.45) is -1.60. The molecule has 2 saturated heterocycles. The second-order valence-electron chi connectivity index (χ2n) is 40.9. The van der Waals surface area contributed by atoms with E-state index in [4.69, 9.17) is 11.5 Å². The Labute approximate surface area is 817 Å². The van der Waals surface area contributed by atoms with Crippen LogP contribution in [-0.2, 0) is 117 Å². The van der Waals surface area contributed by atoms with Gasteiger partial charge in [0.25, 0.3) is 0 Å². The Kier molecular flexibility index (Phi) is 44.8. The van der Waals surface area contributed by atoms with E-state index in [9.17, 15) is 120 Å². The van der Waals surface area contributed by atoms with Gasteiger partial charge in [-0.15, -0.1) is 0 Å². The lowest BCUT2D eigenvalue weighted by Gasteiger charge is -2.36. The van der Waals surface area contributed by atoms with Gasteiger partial charge in [0.2, 0.25) is 130 Å². The number of carboxylic acids is 1. The van der Waals surface area contributed by atoms with Crippen molar-refractivity contribution in [2.24, 2.45) is 29.2 Å². The number of primary amides is 2. The molecule has 24 N–H and O–H groups in total. The Hall–Kier alpha value is -13.0. The molecule has 784 valence electrons. The van der Waals surface area contributed by atoms with Crippen molar-refractivity contribution in [2.75, 3.05) is 26.2 Å². The first-order valence-corrected chi connectivity index (χ1v) is 46.9. The average molecular weight is 1980 g/mol. The predicted molar refractivity (Wildman–Crippen MR) is 509 cm³/mol. The monoisotopic (exact) mass is 1980 g/mol. The van der Waals surface area contributed by atoms with Crippen molar-refractivity contribution >= 4 is 136 Å². The van der Waals surface area contributed by atoms with Crippen LogP contribution in [0.25, 0.3) is 0 Å². The minimum Gasteiger partial charge on any atom is -0.481 e. The number of nitrogens with one attached hydrogen (secondary N) is 18. The first-order chi connectivity index (χ1) is 64.3. The Bertz CT molecular complexity index is 4720. The van der Waals surface area contributed by atoms with Gasteiger partial charge in [-0.2, -0.15) is 0 Å². The first kappa shape index (κ1) is 121. The molecule has 3 rings (SSSR count). The lowest BCUT2D eigenvalue weighted by molar-refractivity contribution is -0.146. The predicted octanol–water partition coefficient (Wildman–Crippen LogP) is -3.96. The molecular formula is C93H152N22O25. The summed E-state index contributed by atoms with van der Waals surface area (Å²) in [4.78, 5) is 316. The highest BCUT2D eigenvalue weighted by Crippen LogP contribution is 2.27. The van der Waals surface area contributed by atoms with Crippen molar-refractivity contribution in [3.63, 3.8) is 0 Å². The molecule has 0 aromatic heterocycles. The number of nitrogens with two attached hydrogens (primary N) is 2. The van der Waals surface area contributed by atoms with Crippen LogP contribution in [0.15, 0.2) is 30.3 Å². The van der Waals surface area contributed by atoms with Crippen LogP contribution in [0.5, 0.6) is 0 Å². The van der Waals surface area contributed by atoms with Crippen LogP contribution in [-0.4, -0.2) is 293 Å². The fourth-order valence-corrected chi connectivity index (χ4v) is 14.9. The SMILES string of the molecule is CC[C@@](C)(NC(=O)C(C)(C)NC(=O)[C@@H](NC(=O)[C@@H]1CCCN1C(=O)C(C)(C)NC(=O)[C@H](CC(C)C)NC(=O)CNC(=O)C(C)(C)NC(=O)[C@@H](NC(=O)C(C)(C)NC(=O)[C@H](CCC(N)=O)NC(=O)[C@H](C)NC(=O)C(C)(C)NC(=O)[C@H](C)NC(=O)C(C)(C)NC(=O)[C@@H]1CCCN1C(=O)C(C)(C)NC(C)=O)C(C)C)C(C)C)C(=O)N[C@@H](CCC(=O)O)C(=O)N[C@@H](CCC(N)=O)C(=O)N[C@H](CO)Cc1ccccc1. The highest BCUT2D eigenvalue weighted by molar-refractivity contribution is 6.05. The summed E-state index contributed by atoms with van der Waals surface area (Å²) in [5.41, 5.74) is -2.44. The zero-order chi connectivity index (χ0) is 107. The average Bonchev–Trinajstić information content (AvgIpc) is 1.62. The number of hydrogen-bond donors (Lipinski definition) is 22. The third kappa shape index (κ3) is 37.0. The number of benzene rings is 1. The van der Waals surface area contributed by atoms with Gasteiger partial charge in [-0.1, -0.05) is 78.8 Å². The zero-order valence-corrected chi connectivity index (χ0v) is 85.3. The molecule has 0 aliphatic carbocycles. The Morgan fingerprint density at radius 1 is 0.400 bits per heavy atom. The van der Waals surface area contributed by atoms with E-state index in [1.165, 1.54) is 141 Å². The summed E-state index contributed by atoms with van der Waals surface area (Å²) < 4.78 is 0. The van der Waals surface area contributed by atoms with Gasteiger partial charge < -0.3 is 127 Å². The molecule has 1 aromatic carbocycles. The van der Waals surface area contributed by atoms with Crippen molar-refractivity contribution in [1.29, 1.82) is 0 Å². The number of nitrogens with zero attached hydrogens (tertiary/aromatic N) is 2. The van der Waals surface area contributed by atoms with Crippen LogP contribution in [0.3, 0.4) is 0 Å². The molecular weight excluding hydrogens is 1830 g/mol. The van der Waals surface area contributed by atoms with Crippen LogP contribution < -0.4 is 107 Å². The maximum absolute atomic E-state index is 14.6. The second kappa shape index (κ2) is 51.8. The number of rotatable bonds is 54. The number of likely N-dealkylation sites (tertiary alicyclic amines) is 2. The van der Waals surface area contributed by atoms with Crippen LogP contribution in [0.4, 0.5) is 0 Å². The Morgan fingerprint density at radius 3 is 1.26 bits per heavy atom. The summed E-state index contributed by atoms with van der Waals surface area (Å²) in [7, 11) is 0. The van der Waals surface area contributed by atoms with Crippen molar-refractivity contribution < 1.29 is 120 Å². The van der Waals surface area contributed by atoms with E-state index in [0.29, 0.717) is 12.8 Å². The molecule has 2 aliphatic heterocycles. The third-order valence-corrected chi connectivity index (χ3v) is 23.8. The molecule has 2 fully saturated rings. The minimum absolute atomic E-state index is 0.00386. The van der Waals surface area contributed by atoms with Gasteiger partial charge >= 0.3 is 5.97 Å². The van der Waals surface area contributed by atoms with E-state index >= 15 is 0 Å². The summed E-state index contributed by atoms with van der Waals surface area (Å²) in [5, 5.41) is 65.7. The number of carbonyl (C=O) groups excluding carboxylic acids is 22. The number of aliphatic hydroxyl groups excluding tert-OH is 1. The molecule has 12 atom stereocenters. The summed E-state index contributed by atoms with van der Waals surface area (Å²) in [6, 6.07) is -5.81. The van der Waals surface area contributed by atoms with Gasteiger partial charge in [-0.3, -0.25) is 110 Å². The molecule has 47 heteroatoms. The summed E-state index contributed by atoms with van der Waals surface area (Å²) in [5.74, 6) is -21.6. The molecule has 47 nitrogen and oxygen atoms in total. The lowest BCUT2D eigenvalue weighted by Crippen LogP contribution is -2.67. The standard InChI is InChI=1S/C93H152N22O25/c1-26-93(25,83(138)103-57(38-41-65(121)122)71(126)102-56(36-39-62(94)118)70(125)99-55(47-116)45-54-32-28-27-29-33-54)113-82(137)90(19,20)112-76(131)66(49(4)5)104-74(129)60-34-30-42-114(60)85(140)92(23,24)109-73(128)59(44-48(2)3)100-64(120)46-96-78(133)86(11,12)111-77(132)67(50(6)7)105-81(136)89(17,18)108-72(127)58(37-40-63(95)119)101-68(123)51(8)97-79(134)87(13,14)107-69(124)52(9)98-80(135)88(15,16)110-75(130)61-35-31-43-115(61)84(139)91(21,22)106-53(10)117/h27-29,32-33,48-52,55-61,66-67,116H,26,30-31,34-47H2,1-25H3,(H2,94,118)(H2,95,119)(H,96,133)(H,97,134)(H,98,135)(H,99,125)(H,100,120)(H,101,123)(H,102,126)(H,103,138)(H,104,129)(H,105,136)(H,106,117)(H,107,124)(H,108,127)(H,109,128)(H,110,130)(H,111,132)(H,112,131)(H,113,137)(H,121,122)/t51-,52-,55-,56-,57-,58-,59-,60-,61-,66-,67-,93+/m0/s1. The highest BCUT2D eigenvalue weighted by atomic mass is 16.4. The fraction of sp³-hybridized carbons (Fsp3) is 0.688. The van der Waals surface area contributed by atoms with Crippen molar-refractivity contribution in [3.05, 3.63) is 35.9 Å². The minimum atomic E-state index is -1.91. The van der Waals surface area contributed by atoms with Crippen LogP contribution in [0.2, 0.25) is 0 Å². The largest absolute Gasteiger partial charge is 0.481 e. The Balaban J connectivity index is 1.66. The number of carbonyl (C=O) groups is 23. The van der Waals surface area contributed by atoms with E-state index in [1.807, 2.05) is 0 Å². The smallest absolute Gasteiger partial charge is 0.303 e. The molecule has 0 radical (unpaired) electrons. The quantitative estimate of drug-likeness (QED) is 0.0296. The van der Waals surface area contributed by atoms with Gasteiger partial charge in [0.1, 0.15) is 105 Å². The lowest BCUT2D eigenvalue weighted by atomic mass is 9.93. The highest BCUT2D eigenvalue weighted by Gasteiger charge is 2.49. The van der Waals surface area contributed by atoms with Crippen LogP contribution in [0, 0.1) is 17.8 Å². The molecule has 140 heavy (non-hydrogen) atoms. The number of carboxylic acid groups (broad SMARTS) is 1. The van der Waals surface area contributed by atoms with Gasteiger partial charge in [0.15, 0.2) is 0 Å². The van der Waals surface area contributed by atoms with Gasteiger partial charge in [0.05, 0.1) is 19.2 Å². The number of hydrogen-bond acceptors (Lipinski definition) is 24. The van der Waals surface area contributed by atoms with Gasteiger partial charge in [-0.25, -0.2) is 0 Å². The maximum atomic E-state index is 14.6. The molecule has 0 saturated carbocycles. The van der Waals surface area contributed by atoms with Crippen molar-refractivity contribution in [3.8, 4) is 0 Å². The second-order valence-corrected chi connectivity index (χ2v) is 40.9. The normalized spacial score (nSPS) is 16.5. The molecule has 2 heterocycles.